The van der Waals surface area contributed by atoms with Crippen LogP contribution in [0.4, 0.5) is 0 Å². The van der Waals surface area contributed by atoms with Gasteiger partial charge in [0.15, 0.2) is 0 Å². The molecule has 0 saturated carbocycles. The zero-order valence-electron chi connectivity index (χ0n) is 6.24. The summed E-state index contributed by atoms with van der Waals surface area (Å²) in [6.07, 6.45) is 1.27. The lowest BCUT2D eigenvalue weighted by Gasteiger charge is -1.88. The number of aromatic nitrogens is 2. The van der Waals surface area contributed by atoms with E-state index in [1.165, 1.54) is 10.9 Å². The minimum absolute atomic E-state index is 0.473. The molecule has 5 heteroatoms. The van der Waals surface area contributed by atoms with Crippen molar-refractivity contribution in [3.05, 3.63) is 16.4 Å². The van der Waals surface area contributed by atoms with E-state index in [2.05, 4.69) is 10.3 Å². The molecule has 1 rings (SSSR count). The molecule has 4 nitrogen and oxygen atoms in total. The van der Waals surface area contributed by atoms with Crippen molar-refractivity contribution in [1.29, 1.82) is 0 Å². The number of hydrogen-bond acceptors (Lipinski definition) is 3. The molecule has 11 heavy (non-hydrogen) atoms. The van der Waals surface area contributed by atoms with E-state index < -0.39 is 0 Å². The standard InChI is InChI=1S/C6H8ClN3O/c1-4-5(3-8-11)6(7)10(2)9-4/h3,11H,1-2H3/b8-3-. The maximum Gasteiger partial charge on any atom is 0.135 e. The van der Waals surface area contributed by atoms with Gasteiger partial charge in [-0.15, -0.1) is 0 Å². The summed E-state index contributed by atoms with van der Waals surface area (Å²) < 4.78 is 1.52. The Bertz CT molecular complexity index is 292. The first-order chi connectivity index (χ1) is 5.16. The second-order valence-corrected chi connectivity index (χ2v) is 2.52. The summed E-state index contributed by atoms with van der Waals surface area (Å²) in [6, 6.07) is 0. The highest BCUT2D eigenvalue weighted by Gasteiger charge is 2.07. The van der Waals surface area contributed by atoms with Crippen LogP contribution in [0.2, 0.25) is 5.15 Å². The topological polar surface area (TPSA) is 50.4 Å². The normalized spacial score (nSPS) is 11.2. The summed E-state index contributed by atoms with van der Waals surface area (Å²) in [7, 11) is 1.73. The summed E-state index contributed by atoms with van der Waals surface area (Å²) in [5.74, 6) is 0. The molecule has 0 atom stereocenters. The molecule has 1 N–H and O–H groups in total. The number of rotatable bonds is 1. The summed E-state index contributed by atoms with van der Waals surface area (Å²) in [6.45, 7) is 1.79. The summed E-state index contributed by atoms with van der Waals surface area (Å²) in [5, 5.41) is 15.6. The van der Waals surface area contributed by atoms with Gasteiger partial charge in [0.1, 0.15) is 5.15 Å². The van der Waals surface area contributed by atoms with Crippen molar-refractivity contribution in [1.82, 2.24) is 9.78 Å². The highest BCUT2D eigenvalue weighted by Crippen LogP contribution is 2.15. The third-order valence-electron chi connectivity index (χ3n) is 1.38. The van der Waals surface area contributed by atoms with Crippen molar-refractivity contribution in [3.63, 3.8) is 0 Å². The Kier molecular flexibility index (Phi) is 2.14. The van der Waals surface area contributed by atoms with Gasteiger partial charge in [0, 0.05) is 7.05 Å². The van der Waals surface area contributed by atoms with Crippen LogP contribution >= 0.6 is 11.6 Å². The molecule has 0 aliphatic heterocycles. The van der Waals surface area contributed by atoms with Crippen LogP contribution in [0.25, 0.3) is 0 Å². The van der Waals surface area contributed by atoms with Gasteiger partial charge in [-0.2, -0.15) is 5.10 Å². The van der Waals surface area contributed by atoms with Crippen LogP contribution < -0.4 is 0 Å². The van der Waals surface area contributed by atoms with Crippen molar-refractivity contribution in [2.45, 2.75) is 6.92 Å². The Morgan fingerprint density at radius 3 is 2.73 bits per heavy atom. The Hall–Kier alpha value is -1.03. The quantitative estimate of drug-likeness (QED) is 0.394. The Morgan fingerprint density at radius 2 is 2.36 bits per heavy atom. The number of halogens is 1. The first-order valence-corrected chi connectivity index (χ1v) is 3.41. The van der Waals surface area contributed by atoms with Gasteiger partial charge < -0.3 is 5.21 Å². The first-order valence-electron chi connectivity index (χ1n) is 3.03. The van der Waals surface area contributed by atoms with Crippen LogP contribution in [0.1, 0.15) is 11.3 Å². The van der Waals surface area contributed by atoms with Crippen molar-refractivity contribution >= 4 is 17.8 Å². The Balaban J connectivity index is 3.22. The zero-order chi connectivity index (χ0) is 8.43. The van der Waals surface area contributed by atoms with Crippen LogP contribution in [0.15, 0.2) is 5.16 Å². The molecular formula is C6H8ClN3O. The number of oxime groups is 1. The van der Waals surface area contributed by atoms with E-state index in [9.17, 15) is 0 Å². The van der Waals surface area contributed by atoms with E-state index >= 15 is 0 Å². The molecule has 0 aliphatic rings. The predicted molar refractivity (Wildman–Crippen MR) is 42.3 cm³/mol. The number of aryl methyl sites for hydroxylation is 2. The lowest BCUT2D eigenvalue weighted by molar-refractivity contribution is 0.322. The van der Waals surface area contributed by atoms with Gasteiger partial charge in [-0.1, -0.05) is 16.8 Å². The molecule has 0 bridgehead atoms. The molecule has 0 fully saturated rings. The highest BCUT2D eigenvalue weighted by molar-refractivity contribution is 6.32. The van der Waals surface area contributed by atoms with Gasteiger partial charge in [0.25, 0.3) is 0 Å². The first kappa shape index (κ1) is 8.07. The van der Waals surface area contributed by atoms with Crippen molar-refractivity contribution in [2.75, 3.05) is 0 Å². The Labute approximate surface area is 69.1 Å². The summed E-state index contributed by atoms with van der Waals surface area (Å²) in [4.78, 5) is 0. The Morgan fingerprint density at radius 1 is 1.73 bits per heavy atom. The summed E-state index contributed by atoms with van der Waals surface area (Å²) >= 11 is 5.79. The zero-order valence-corrected chi connectivity index (χ0v) is 7.00. The largest absolute Gasteiger partial charge is 0.411 e. The monoisotopic (exact) mass is 173 g/mol. The molecule has 0 saturated heterocycles. The highest BCUT2D eigenvalue weighted by atomic mass is 35.5. The van der Waals surface area contributed by atoms with Gasteiger partial charge in [-0.3, -0.25) is 4.68 Å². The minimum Gasteiger partial charge on any atom is -0.411 e. The van der Waals surface area contributed by atoms with Gasteiger partial charge in [-0.25, -0.2) is 0 Å². The van der Waals surface area contributed by atoms with Crippen LogP contribution in [-0.4, -0.2) is 21.2 Å². The molecule has 0 aliphatic carbocycles. The molecule has 0 amide bonds. The van der Waals surface area contributed by atoms with Gasteiger partial charge in [0.2, 0.25) is 0 Å². The maximum atomic E-state index is 8.25. The fourth-order valence-corrected chi connectivity index (χ4v) is 1.07. The van der Waals surface area contributed by atoms with Gasteiger partial charge >= 0.3 is 0 Å². The average molecular weight is 174 g/mol. The van der Waals surface area contributed by atoms with E-state index in [0.29, 0.717) is 10.7 Å². The molecule has 0 radical (unpaired) electrons. The van der Waals surface area contributed by atoms with Crippen molar-refractivity contribution in [3.8, 4) is 0 Å². The number of nitrogens with zero attached hydrogens (tertiary/aromatic N) is 3. The molecule has 1 aromatic heterocycles. The molecule has 60 valence electrons. The third-order valence-corrected chi connectivity index (χ3v) is 1.83. The SMILES string of the molecule is Cc1nn(C)c(Cl)c1/C=N\O. The number of hydrogen-bond donors (Lipinski definition) is 1. The lowest BCUT2D eigenvalue weighted by atomic mass is 10.3. The maximum absolute atomic E-state index is 8.25. The van der Waals surface area contributed by atoms with Crippen LogP contribution in [0, 0.1) is 6.92 Å². The predicted octanol–water partition coefficient (Wildman–Crippen LogP) is 1.19. The minimum atomic E-state index is 0.473. The van der Waals surface area contributed by atoms with Crippen LogP contribution in [-0.2, 0) is 7.05 Å². The van der Waals surface area contributed by atoms with Crippen LogP contribution in [0.3, 0.4) is 0 Å². The van der Waals surface area contributed by atoms with Crippen LogP contribution in [0.5, 0.6) is 0 Å². The lowest BCUT2D eigenvalue weighted by Crippen LogP contribution is -1.89. The second kappa shape index (κ2) is 2.92. The van der Waals surface area contributed by atoms with E-state index in [4.69, 9.17) is 16.8 Å². The molecule has 0 unspecified atom stereocenters. The summed E-state index contributed by atoms with van der Waals surface area (Å²) in [5.41, 5.74) is 1.40. The molecule has 1 heterocycles. The van der Waals surface area contributed by atoms with Gasteiger partial charge in [-0.05, 0) is 6.92 Å². The molecule has 1 aromatic rings. The van der Waals surface area contributed by atoms with E-state index in [0.717, 1.165) is 5.69 Å². The van der Waals surface area contributed by atoms with E-state index in [1.54, 1.807) is 14.0 Å². The fraction of sp³-hybridized carbons (Fsp3) is 0.333. The molecule has 0 spiro atoms. The average Bonchev–Trinajstić information content (AvgIpc) is 2.17. The van der Waals surface area contributed by atoms with E-state index in [1.807, 2.05) is 0 Å². The fourth-order valence-electron chi connectivity index (χ4n) is 0.851. The van der Waals surface area contributed by atoms with Crippen molar-refractivity contribution < 1.29 is 5.21 Å². The van der Waals surface area contributed by atoms with Gasteiger partial charge in [0.05, 0.1) is 17.5 Å². The smallest absolute Gasteiger partial charge is 0.135 e. The molecular weight excluding hydrogens is 166 g/mol. The van der Waals surface area contributed by atoms with E-state index in [-0.39, 0.29) is 0 Å². The third kappa shape index (κ3) is 1.35. The molecule has 0 aromatic carbocycles. The van der Waals surface area contributed by atoms with Crippen molar-refractivity contribution in [2.24, 2.45) is 12.2 Å². The second-order valence-electron chi connectivity index (χ2n) is 2.16.